The van der Waals surface area contributed by atoms with Crippen molar-refractivity contribution < 1.29 is 5.11 Å². The number of aromatic nitrogens is 2. The van der Waals surface area contributed by atoms with Crippen LogP contribution >= 0.6 is 11.8 Å². The smallest absolute Gasteiger partial charge is 0.116 e. The van der Waals surface area contributed by atoms with Crippen LogP contribution in [0.25, 0.3) is 22.2 Å². The average molecular weight is 640 g/mol. The Bertz CT molecular complexity index is 1860. The molecule has 7 rings (SSSR count). The van der Waals surface area contributed by atoms with Crippen molar-refractivity contribution >= 4 is 28.4 Å². The highest BCUT2D eigenvalue weighted by Gasteiger charge is 2.35. The molecule has 0 amide bonds. The maximum atomic E-state index is 10.4. The van der Waals surface area contributed by atoms with E-state index < -0.39 is 5.54 Å². The topological polar surface area (TPSA) is 65.4 Å². The van der Waals surface area contributed by atoms with Crippen molar-refractivity contribution in [2.24, 2.45) is 0 Å². The molecular formula is C40H41N5OS. The van der Waals surface area contributed by atoms with Gasteiger partial charge in [-0.3, -0.25) is 10.00 Å². The number of anilines is 1. The van der Waals surface area contributed by atoms with Crippen LogP contribution in [0.3, 0.4) is 0 Å². The Morgan fingerprint density at radius 1 is 0.766 bits per heavy atom. The molecule has 7 heteroatoms. The minimum Gasteiger partial charge on any atom is -0.508 e. The summed E-state index contributed by atoms with van der Waals surface area (Å²) in [6.07, 6.45) is 0. The van der Waals surface area contributed by atoms with Crippen LogP contribution in [0.4, 0.5) is 5.69 Å². The summed E-state index contributed by atoms with van der Waals surface area (Å²) in [5.74, 6) is 0.262. The van der Waals surface area contributed by atoms with Gasteiger partial charge in [-0.25, -0.2) is 0 Å². The predicted molar refractivity (Wildman–Crippen MR) is 194 cm³/mol. The second-order valence-electron chi connectivity index (χ2n) is 11.9. The fraction of sp³-hybridized carbons (Fsp3) is 0.225. The van der Waals surface area contributed by atoms with Crippen LogP contribution in [0, 0.1) is 0 Å². The van der Waals surface area contributed by atoms with Crippen LogP contribution in [-0.2, 0) is 12.1 Å². The van der Waals surface area contributed by atoms with E-state index >= 15 is 0 Å². The van der Waals surface area contributed by atoms with Crippen molar-refractivity contribution in [2.45, 2.75) is 35.7 Å². The highest BCUT2D eigenvalue weighted by atomic mass is 32.2. The summed E-state index contributed by atoms with van der Waals surface area (Å²) in [7, 11) is 0. The maximum Gasteiger partial charge on any atom is 0.116 e. The number of hydrogen-bond donors (Lipinski definition) is 3. The molecule has 0 unspecified atom stereocenters. The van der Waals surface area contributed by atoms with E-state index in [0.717, 1.165) is 72.0 Å². The Balaban J connectivity index is 1.21. The SMILES string of the molecule is CCN(CC)CCn1nc2c3c(c(NCCNC(c4ccccc4)(c4ccccc4)c4ccccc4)ccc31)Sc1ccc(O)cc1-2. The van der Waals surface area contributed by atoms with Crippen LogP contribution < -0.4 is 10.6 Å². The van der Waals surface area contributed by atoms with Gasteiger partial charge >= 0.3 is 0 Å². The molecule has 1 aliphatic rings. The Kier molecular flexibility index (Phi) is 9.03. The summed E-state index contributed by atoms with van der Waals surface area (Å²) in [5.41, 5.74) is 7.24. The highest BCUT2D eigenvalue weighted by Crippen LogP contribution is 2.51. The van der Waals surface area contributed by atoms with Crippen molar-refractivity contribution in [3.63, 3.8) is 0 Å². The first-order chi connectivity index (χ1) is 23.1. The van der Waals surface area contributed by atoms with Crippen LogP contribution in [0.2, 0.25) is 0 Å². The Morgan fingerprint density at radius 2 is 1.38 bits per heavy atom. The molecule has 0 bridgehead atoms. The molecule has 47 heavy (non-hydrogen) atoms. The van der Waals surface area contributed by atoms with Gasteiger partial charge in [0, 0.05) is 46.1 Å². The fourth-order valence-electron chi connectivity index (χ4n) is 6.84. The van der Waals surface area contributed by atoms with E-state index in [-0.39, 0.29) is 5.75 Å². The third kappa shape index (κ3) is 5.91. The number of fused-ring (bicyclic) bond motifs is 2. The predicted octanol–water partition coefficient (Wildman–Crippen LogP) is 8.21. The summed E-state index contributed by atoms with van der Waals surface area (Å²) in [6, 6.07) is 42.2. The first-order valence-electron chi connectivity index (χ1n) is 16.5. The lowest BCUT2D eigenvalue weighted by atomic mass is 9.77. The van der Waals surface area contributed by atoms with E-state index in [9.17, 15) is 5.11 Å². The molecule has 6 nitrogen and oxygen atoms in total. The van der Waals surface area contributed by atoms with Gasteiger partial charge in [0.15, 0.2) is 0 Å². The fourth-order valence-corrected chi connectivity index (χ4v) is 8.02. The molecule has 0 saturated carbocycles. The van der Waals surface area contributed by atoms with Crippen molar-refractivity contribution in [3.8, 4) is 17.0 Å². The molecule has 1 aromatic heterocycles. The normalized spacial score (nSPS) is 12.4. The molecule has 3 N–H and O–H groups in total. The van der Waals surface area contributed by atoms with E-state index in [1.54, 1.807) is 17.8 Å². The van der Waals surface area contributed by atoms with Crippen LogP contribution in [0.5, 0.6) is 5.75 Å². The minimum absolute atomic E-state index is 0.262. The number of likely N-dealkylation sites (N-methyl/N-ethyl adjacent to an activating group) is 1. The molecule has 5 aromatic carbocycles. The van der Waals surface area contributed by atoms with Crippen LogP contribution in [0.1, 0.15) is 30.5 Å². The first-order valence-corrected chi connectivity index (χ1v) is 17.4. The number of benzene rings is 5. The molecule has 1 aliphatic heterocycles. The molecule has 0 radical (unpaired) electrons. The van der Waals surface area contributed by atoms with Gasteiger partial charge in [-0.2, -0.15) is 5.10 Å². The van der Waals surface area contributed by atoms with Crippen LogP contribution in [0.15, 0.2) is 131 Å². The van der Waals surface area contributed by atoms with Crippen molar-refractivity contribution in [1.29, 1.82) is 0 Å². The summed E-state index contributed by atoms with van der Waals surface area (Å²) in [4.78, 5) is 4.71. The third-order valence-corrected chi connectivity index (χ3v) is 10.5. The average Bonchev–Trinajstić information content (AvgIpc) is 3.50. The number of hydrogen-bond acceptors (Lipinski definition) is 6. The molecular weight excluding hydrogens is 599 g/mol. The summed E-state index contributed by atoms with van der Waals surface area (Å²) in [6.45, 7) is 9.64. The number of nitrogens with zero attached hydrogens (tertiary/aromatic N) is 3. The molecule has 0 spiro atoms. The van der Waals surface area contributed by atoms with Crippen molar-refractivity contribution in [1.82, 2.24) is 20.0 Å². The van der Waals surface area contributed by atoms with Gasteiger partial charge in [-0.15, -0.1) is 0 Å². The monoisotopic (exact) mass is 639 g/mol. The summed E-state index contributed by atoms with van der Waals surface area (Å²) >= 11 is 1.75. The van der Waals surface area contributed by atoms with Gasteiger partial charge in [0.05, 0.1) is 17.6 Å². The molecule has 0 saturated heterocycles. The van der Waals surface area contributed by atoms with E-state index in [1.807, 2.05) is 12.1 Å². The molecule has 0 aliphatic carbocycles. The Hall–Kier alpha value is -4.56. The number of rotatable bonds is 13. The summed E-state index contributed by atoms with van der Waals surface area (Å²) < 4.78 is 2.14. The quantitative estimate of drug-likeness (QED) is 0.0873. The van der Waals surface area contributed by atoms with Gasteiger partial charge in [0.25, 0.3) is 0 Å². The lowest BCUT2D eigenvalue weighted by Gasteiger charge is -2.37. The second kappa shape index (κ2) is 13.7. The van der Waals surface area contributed by atoms with E-state index in [0.29, 0.717) is 0 Å². The maximum absolute atomic E-state index is 10.4. The third-order valence-electron chi connectivity index (χ3n) is 9.28. The van der Waals surface area contributed by atoms with Gasteiger partial charge in [-0.05, 0) is 60.1 Å². The number of phenols is 1. The lowest BCUT2D eigenvalue weighted by molar-refractivity contribution is 0.287. The van der Waals surface area contributed by atoms with Gasteiger partial charge in [0.2, 0.25) is 0 Å². The lowest BCUT2D eigenvalue weighted by Crippen LogP contribution is -2.46. The van der Waals surface area contributed by atoms with E-state index in [1.165, 1.54) is 21.6 Å². The van der Waals surface area contributed by atoms with E-state index in [2.05, 4.69) is 137 Å². The van der Waals surface area contributed by atoms with Crippen LogP contribution in [-0.4, -0.2) is 52.5 Å². The Labute approximate surface area is 281 Å². The number of nitrogens with one attached hydrogen (secondary N) is 2. The standard InChI is InChI=1S/C40H41N5OS/c1-3-44(4-2)26-27-45-35-22-21-34(39-37(35)38(43-45)33-28-32(46)20-23-36(33)47-39)41-24-25-42-40(29-14-8-5-9-15-29,30-16-10-6-11-17-30)31-18-12-7-13-19-31/h5-23,28,41-42,46H,3-4,24-27H2,1-2H3. The first kappa shape index (κ1) is 31.1. The van der Waals surface area contributed by atoms with Gasteiger partial charge < -0.3 is 15.3 Å². The zero-order chi connectivity index (χ0) is 32.2. The number of aromatic hydroxyl groups is 1. The van der Waals surface area contributed by atoms with Crippen molar-refractivity contribution in [3.05, 3.63) is 138 Å². The second-order valence-corrected chi connectivity index (χ2v) is 13.0. The zero-order valence-electron chi connectivity index (χ0n) is 27.0. The highest BCUT2D eigenvalue weighted by molar-refractivity contribution is 8.00. The van der Waals surface area contributed by atoms with Crippen molar-refractivity contribution in [2.75, 3.05) is 38.0 Å². The molecule has 2 heterocycles. The molecule has 0 fully saturated rings. The molecule has 238 valence electrons. The largest absolute Gasteiger partial charge is 0.508 e. The Morgan fingerprint density at radius 3 is 1.98 bits per heavy atom. The van der Waals surface area contributed by atoms with Gasteiger partial charge in [-0.1, -0.05) is 117 Å². The zero-order valence-corrected chi connectivity index (χ0v) is 27.8. The molecule has 0 atom stereocenters. The summed E-state index contributed by atoms with van der Waals surface area (Å²) in [5, 5.41) is 24.5. The van der Waals surface area contributed by atoms with E-state index in [4.69, 9.17) is 5.10 Å². The number of phenolic OH excluding ortho intramolecular Hbond substituents is 1. The minimum atomic E-state index is -0.515. The van der Waals surface area contributed by atoms with Gasteiger partial charge in [0.1, 0.15) is 11.4 Å². The molecule has 6 aromatic rings.